The lowest BCUT2D eigenvalue weighted by Gasteiger charge is -2.45. The predicted molar refractivity (Wildman–Crippen MR) is 180 cm³/mol. The smallest absolute Gasteiger partial charge is 0.315 e. The molecule has 1 heterocycles. The van der Waals surface area contributed by atoms with Crippen LogP contribution in [0.3, 0.4) is 0 Å². The maximum atomic E-state index is 14.5. The third-order valence-corrected chi connectivity index (χ3v) is 11.7. The van der Waals surface area contributed by atoms with Crippen LogP contribution < -0.4 is 21.7 Å². The number of nitrogens with zero attached hydrogens (tertiary/aromatic N) is 1. The second-order valence-electron chi connectivity index (χ2n) is 16.3. The largest absolute Gasteiger partial charge is 0.363 e. The van der Waals surface area contributed by atoms with Gasteiger partial charge < -0.3 is 26.6 Å². The molecule has 47 heavy (non-hydrogen) atoms. The number of rotatable bonds is 12. The number of carbonyl (C=O) groups is 5. The van der Waals surface area contributed by atoms with E-state index in [0.29, 0.717) is 13.0 Å². The molecular formula is C37H55N5O5. The molecule has 5 amide bonds. The van der Waals surface area contributed by atoms with Gasteiger partial charge in [-0.2, -0.15) is 0 Å². The van der Waals surface area contributed by atoms with Crippen LogP contribution >= 0.6 is 0 Å². The Morgan fingerprint density at radius 2 is 1.62 bits per heavy atom. The standard InChI is InChI=1S/C37H55N5O5/c1-7-24(23-14-10-8-11-15-23)37(18-12-9-13-19-37)41-34(47)40-30(35(2,3)4)33(46)42-21-25-27(36(25,5)6)28(42)32(45)39-26(20-22-16-17-22)29(43)31(38)44/h8,10-11,14-15,22,24-28,30H,7,9,12-13,16-21H2,1-6H3,(H2,38,44)(H,39,45)(H2,40,41,47)/t24?,25-,26?,27+,28+,30-/m1/s1. The summed E-state index contributed by atoms with van der Waals surface area (Å²) >= 11 is 0. The molecule has 10 nitrogen and oxygen atoms in total. The lowest BCUT2D eigenvalue weighted by Crippen LogP contribution is -2.63. The Kier molecular flexibility index (Phi) is 9.82. The van der Waals surface area contributed by atoms with Gasteiger partial charge in [-0.1, -0.05) is 104 Å². The van der Waals surface area contributed by atoms with E-state index in [0.717, 1.165) is 51.4 Å². The molecule has 258 valence electrons. The van der Waals surface area contributed by atoms with Crippen molar-refractivity contribution in [2.24, 2.45) is 34.3 Å². The Bertz CT molecular complexity index is 1360. The highest BCUT2D eigenvalue weighted by Crippen LogP contribution is 2.65. The van der Waals surface area contributed by atoms with E-state index >= 15 is 0 Å². The summed E-state index contributed by atoms with van der Waals surface area (Å²) in [6.45, 7) is 12.5. The molecule has 1 aliphatic heterocycles. The number of fused-ring (bicyclic) bond motifs is 1. The van der Waals surface area contributed by atoms with Crippen molar-refractivity contribution in [2.45, 2.75) is 129 Å². The predicted octanol–water partition coefficient (Wildman–Crippen LogP) is 4.42. The highest BCUT2D eigenvalue weighted by atomic mass is 16.2. The van der Waals surface area contributed by atoms with Crippen LogP contribution in [0.4, 0.5) is 4.79 Å². The third-order valence-electron chi connectivity index (χ3n) is 11.7. The molecule has 3 aliphatic carbocycles. The van der Waals surface area contributed by atoms with Gasteiger partial charge in [-0.05, 0) is 59.8 Å². The Hall–Kier alpha value is -3.43. The first kappa shape index (κ1) is 34.9. The van der Waals surface area contributed by atoms with E-state index in [1.54, 1.807) is 4.90 Å². The molecule has 3 saturated carbocycles. The minimum atomic E-state index is -1.07. The van der Waals surface area contributed by atoms with E-state index in [1.165, 1.54) is 5.56 Å². The number of likely N-dealkylation sites (tertiary alicyclic amines) is 1. The number of Topliss-reactive ketones (excluding diaryl/α,β-unsaturated/α-hetero) is 1. The molecule has 0 bridgehead atoms. The van der Waals surface area contributed by atoms with Crippen LogP contribution in [-0.2, 0) is 19.2 Å². The third kappa shape index (κ3) is 7.21. The van der Waals surface area contributed by atoms with Crippen LogP contribution in [0.25, 0.3) is 0 Å². The Balaban J connectivity index is 1.36. The van der Waals surface area contributed by atoms with Gasteiger partial charge in [0.2, 0.25) is 17.6 Å². The number of hydrogen-bond donors (Lipinski definition) is 4. The summed E-state index contributed by atoms with van der Waals surface area (Å²) in [5.41, 5.74) is 5.29. The fourth-order valence-electron chi connectivity index (χ4n) is 8.74. The maximum Gasteiger partial charge on any atom is 0.315 e. The van der Waals surface area contributed by atoms with Crippen molar-refractivity contribution in [3.05, 3.63) is 35.9 Å². The number of nitrogens with two attached hydrogens (primary N) is 1. The zero-order valence-corrected chi connectivity index (χ0v) is 29.1. The van der Waals surface area contributed by atoms with Crippen molar-refractivity contribution in [1.82, 2.24) is 20.9 Å². The van der Waals surface area contributed by atoms with Crippen molar-refractivity contribution in [2.75, 3.05) is 6.54 Å². The summed E-state index contributed by atoms with van der Waals surface area (Å²) in [5, 5.41) is 9.27. The lowest BCUT2D eigenvalue weighted by atomic mass is 9.69. The van der Waals surface area contributed by atoms with Gasteiger partial charge in [0, 0.05) is 18.0 Å². The van der Waals surface area contributed by atoms with Gasteiger partial charge >= 0.3 is 6.03 Å². The average Bonchev–Trinajstić information content (AvgIpc) is 3.87. The molecule has 10 heteroatoms. The Morgan fingerprint density at radius 1 is 0.979 bits per heavy atom. The van der Waals surface area contributed by atoms with Crippen LogP contribution in [0.5, 0.6) is 0 Å². The second-order valence-corrected chi connectivity index (χ2v) is 16.3. The van der Waals surface area contributed by atoms with E-state index in [1.807, 2.05) is 39.0 Å². The molecule has 0 spiro atoms. The van der Waals surface area contributed by atoms with Crippen molar-refractivity contribution in [3.8, 4) is 0 Å². The van der Waals surface area contributed by atoms with E-state index in [9.17, 15) is 24.0 Å². The number of urea groups is 1. The van der Waals surface area contributed by atoms with Crippen LogP contribution in [-0.4, -0.2) is 64.6 Å². The van der Waals surface area contributed by atoms with Crippen LogP contribution in [0.15, 0.2) is 30.3 Å². The van der Waals surface area contributed by atoms with E-state index < -0.39 is 46.7 Å². The number of primary amides is 1. The van der Waals surface area contributed by atoms with Gasteiger partial charge in [0.05, 0.1) is 6.04 Å². The summed E-state index contributed by atoms with van der Waals surface area (Å²) in [7, 11) is 0. The van der Waals surface area contributed by atoms with Crippen molar-refractivity contribution < 1.29 is 24.0 Å². The van der Waals surface area contributed by atoms with Crippen LogP contribution in [0, 0.1) is 28.6 Å². The summed E-state index contributed by atoms with van der Waals surface area (Å²) in [6.07, 6.45) is 8.01. The molecule has 1 saturated heterocycles. The van der Waals surface area contributed by atoms with Crippen molar-refractivity contribution in [1.29, 1.82) is 0 Å². The van der Waals surface area contributed by atoms with Crippen molar-refractivity contribution >= 4 is 29.5 Å². The average molecular weight is 650 g/mol. The summed E-state index contributed by atoms with van der Waals surface area (Å²) in [6, 6.07) is 7.24. The van der Waals surface area contributed by atoms with Gasteiger partial charge in [0.25, 0.3) is 5.91 Å². The first-order valence-corrected chi connectivity index (χ1v) is 17.7. The minimum Gasteiger partial charge on any atom is -0.363 e. The number of hydrogen-bond acceptors (Lipinski definition) is 5. The molecule has 0 aromatic heterocycles. The molecule has 4 fully saturated rings. The van der Waals surface area contributed by atoms with Crippen LogP contribution in [0.1, 0.15) is 111 Å². The first-order valence-electron chi connectivity index (χ1n) is 17.7. The highest BCUT2D eigenvalue weighted by Gasteiger charge is 2.70. The van der Waals surface area contributed by atoms with Gasteiger partial charge in [-0.3, -0.25) is 19.2 Å². The molecule has 5 N–H and O–H groups in total. The number of amides is 5. The Labute approximate surface area is 279 Å². The fraction of sp³-hybridized carbons (Fsp3) is 0.703. The minimum absolute atomic E-state index is 0.0900. The SMILES string of the molecule is CCC(c1ccccc1)C1(NC(=O)N[C@H](C(=O)N2C[C@@H]3[C@@H]([C@H]2C(=O)NC(CC2CC2)C(=O)C(N)=O)C3(C)C)C(C)(C)C)CCCCC1. The first-order chi connectivity index (χ1) is 22.1. The molecular weight excluding hydrogens is 594 g/mol. The lowest BCUT2D eigenvalue weighted by molar-refractivity contribution is -0.145. The van der Waals surface area contributed by atoms with Gasteiger partial charge in [0.15, 0.2) is 0 Å². The molecule has 6 atom stereocenters. The molecule has 5 rings (SSSR count). The number of benzene rings is 1. The van der Waals surface area contributed by atoms with Gasteiger partial charge in [0.1, 0.15) is 12.1 Å². The summed E-state index contributed by atoms with van der Waals surface area (Å²) in [5.74, 6) is -2.21. The normalized spacial score (nSPS) is 26.3. The van der Waals surface area contributed by atoms with E-state index in [2.05, 4.69) is 48.9 Å². The Morgan fingerprint density at radius 3 is 2.17 bits per heavy atom. The molecule has 2 unspecified atom stereocenters. The number of piperidine rings is 1. The molecule has 1 aromatic rings. The van der Waals surface area contributed by atoms with E-state index in [-0.39, 0.29) is 41.0 Å². The van der Waals surface area contributed by atoms with Crippen LogP contribution in [0.2, 0.25) is 0 Å². The topological polar surface area (TPSA) is 151 Å². The van der Waals surface area contributed by atoms with Gasteiger partial charge in [-0.15, -0.1) is 0 Å². The maximum absolute atomic E-state index is 14.5. The quantitative estimate of drug-likeness (QED) is 0.247. The van der Waals surface area contributed by atoms with Gasteiger partial charge in [-0.25, -0.2) is 4.79 Å². The zero-order chi connectivity index (χ0) is 34.3. The second kappa shape index (κ2) is 13.2. The number of ketones is 1. The highest BCUT2D eigenvalue weighted by molar-refractivity contribution is 6.37. The monoisotopic (exact) mass is 649 g/mol. The van der Waals surface area contributed by atoms with Crippen molar-refractivity contribution in [3.63, 3.8) is 0 Å². The number of carbonyl (C=O) groups excluding carboxylic acids is 5. The zero-order valence-electron chi connectivity index (χ0n) is 29.1. The fourth-order valence-corrected chi connectivity index (χ4v) is 8.74. The molecule has 4 aliphatic rings. The summed E-state index contributed by atoms with van der Waals surface area (Å²) < 4.78 is 0. The number of nitrogens with one attached hydrogen (secondary N) is 3. The van der Waals surface area contributed by atoms with E-state index in [4.69, 9.17) is 5.73 Å². The molecule has 1 aromatic carbocycles. The summed E-state index contributed by atoms with van der Waals surface area (Å²) in [4.78, 5) is 68.5. The molecule has 0 radical (unpaired) electrons.